The Kier molecular flexibility index (Phi) is 5.37. The molecule has 3 aromatic heterocycles. The fourth-order valence-corrected chi connectivity index (χ4v) is 5.31. The van der Waals surface area contributed by atoms with Crippen molar-refractivity contribution >= 4 is 37.2 Å². The highest BCUT2D eigenvalue weighted by Crippen LogP contribution is 2.36. The van der Waals surface area contributed by atoms with E-state index in [0.717, 1.165) is 46.5 Å². The first kappa shape index (κ1) is 19.3. The number of halogens is 1. The van der Waals surface area contributed by atoms with Crippen molar-refractivity contribution in [1.82, 2.24) is 19.6 Å². The number of hydrogen-bond donors (Lipinski definition) is 1. The maximum Gasteiger partial charge on any atom is 0.171 e. The summed E-state index contributed by atoms with van der Waals surface area (Å²) in [6.45, 7) is 0.612. The van der Waals surface area contributed by atoms with E-state index in [0.29, 0.717) is 13.0 Å². The lowest BCUT2D eigenvalue weighted by Gasteiger charge is -2.28. The van der Waals surface area contributed by atoms with Crippen LogP contribution in [0.3, 0.4) is 0 Å². The average molecular weight is 464 g/mol. The lowest BCUT2D eigenvalue weighted by molar-refractivity contribution is 0.430. The van der Waals surface area contributed by atoms with Crippen molar-refractivity contribution in [2.75, 3.05) is 11.6 Å². The van der Waals surface area contributed by atoms with Gasteiger partial charge in [-0.05, 0) is 46.8 Å². The maximum absolute atomic E-state index is 12.1. The summed E-state index contributed by atoms with van der Waals surface area (Å²) >= 11 is 3.52. The summed E-state index contributed by atoms with van der Waals surface area (Å²) < 4.78 is 26.7. The van der Waals surface area contributed by atoms with Gasteiger partial charge in [-0.25, -0.2) is 13.4 Å². The van der Waals surface area contributed by atoms with Crippen LogP contribution in [0.1, 0.15) is 42.9 Å². The van der Waals surface area contributed by atoms with Gasteiger partial charge in [0.05, 0.1) is 15.9 Å². The van der Waals surface area contributed by atoms with E-state index < -0.39 is 9.84 Å². The Balaban J connectivity index is 1.66. The molecule has 1 fully saturated rings. The predicted molar refractivity (Wildman–Crippen MR) is 112 cm³/mol. The number of rotatable bonds is 5. The Morgan fingerprint density at radius 1 is 1.32 bits per heavy atom. The number of pyridine rings is 1. The van der Waals surface area contributed by atoms with Gasteiger partial charge < -0.3 is 5.32 Å². The first-order valence-corrected chi connectivity index (χ1v) is 12.0. The smallest absolute Gasteiger partial charge is 0.171 e. The molecule has 1 aliphatic rings. The summed E-state index contributed by atoms with van der Waals surface area (Å²) in [4.78, 5) is 8.94. The molecule has 2 unspecified atom stereocenters. The van der Waals surface area contributed by atoms with Crippen molar-refractivity contribution in [3.63, 3.8) is 0 Å². The van der Waals surface area contributed by atoms with Gasteiger partial charge in [0, 0.05) is 42.9 Å². The fourth-order valence-electron chi connectivity index (χ4n) is 3.79. The summed E-state index contributed by atoms with van der Waals surface area (Å²) in [6, 6.07) is 5.91. The van der Waals surface area contributed by atoms with Crippen LogP contribution in [0, 0.1) is 0 Å². The molecule has 4 rings (SSSR count). The average Bonchev–Trinajstić information content (AvgIpc) is 3.07. The number of nitrogens with zero attached hydrogens (tertiary/aromatic N) is 4. The van der Waals surface area contributed by atoms with Gasteiger partial charge in [0.2, 0.25) is 0 Å². The van der Waals surface area contributed by atoms with E-state index in [4.69, 9.17) is 4.98 Å². The van der Waals surface area contributed by atoms with Crippen molar-refractivity contribution in [3.8, 4) is 0 Å². The third kappa shape index (κ3) is 4.05. The number of hydrogen-bond acceptors (Lipinski definition) is 6. The van der Waals surface area contributed by atoms with E-state index in [1.807, 2.05) is 24.4 Å². The Hall–Kier alpha value is -2.00. The van der Waals surface area contributed by atoms with Crippen LogP contribution < -0.4 is 5.32 Å². The van der Waals surface area contributed by atoms with Crippen molar-refractivity contribution in [2.24, 2.45) is 0 Å². The zero-order valence-corrected chi connectivity index (χ0v) is 17.9. The van der Waals surface area contributed by atoms with Crippen LogP contribution in [0.15, 0.2) is 41.3 Å². The molecule has 0 spiro atoms. The molecule has 1 aliphatic carbocycles. The topological polar surface area (TPSA) is 89.2 Å². The number of fused-ring (bicyclic) bond motifs is 1. The third-order valence-electron chi connectivity index (χ3n) is 5.29. The highest BCUT2D eigenvalue weighted by molar-refractivity contribution is 9.10. The van der Waals surface area contributed by atoms with Crippen LogP contribution in [0.2, 0.25) is 0 Å². The number of nitrogens with one attached hydrogen (secondary N) is 1. The highest BCUT2D eigenvalue weighted by atomic mass is 79.9. The molecule has 1 N–H and O–H groups in total. The molecule has 0 bridgehead atoms. The fraction of sp³-hybridized carbons (Fsp3) is 0.421. The molecule has 0 amide bonds. The van der Waals surface area contributed by atoms with Crippen molar-refractivity contribution in [2.45, 2.75) is 43.4 Å². The van der Waals surface area contributed by atoms with Crippen LogP contribution >= 0.6 is 15.9 Å². The molecular weight excluding hydrogens is 442 g/mol. The third-order valence-corrected chi connectivity index (χ3v) is 7.49. The first-order chi connectivity index (χ1) is 13.4. The molecule has 1 saturated carbocycles. The highest BCUT2D eigenvalue weighted by Gasteiger charge is 2.31. The van der Waals surface area contributed by atoms with Gasteiger partial charge in [0.25, 0.3) is 0 Å². The quantitative estimate of drug-likeness (QED) is 0.621. The number of anilines is 1. The van der Waals surface area contributed by atoms with Gasteiger partial charge in [-0.1, -0.05) is 12.5 Å². The largest absolute Gasteiger partial charge is 0.366 e. The molecule has 0 aliphatic heterocycles. The molecule has 9 heteroatoms. The molecule has 28 heavy (non-hydrogen) atoms. The lowest BCUT2D eigenvalue weighted by atomic mass is 9.86. The van der Waals surface area contributed by atoms with E-state index in [1.165, 1.54) is 6.26 Å². The predicted octanol–water partition coefficient (Wildman–Crippen LogP) is 3.57. The second kappa shape index (κ2) is 7.79. The second-order valence-corrected chi connectivity index (χ2v) is 10.5. The molecular formula is C19H22BrN5O2S. The summed E-state index contributed by atoms with van der Waals surface area (Å²) in [7, 11) is -3.04. The Labute approximate surface area is 172 Å². The summed E-state index contributed by atoms with van der Waals surface area (Å²) in [5, 5.41) is 7.54. The van der Waals surface area contributed by atoms with E-state index in [-0.39, 0.29) is 11.2 Å². The number of sulfone groups is 1. The molecule has 0 saturated heterocycles. The Morgan fingerprint density at radius 2 is 2.18 bits per heavy atom. The molecule has 148 valence electrons. The van der Waals surface area contributed by atoms with E-state index in [1.54, 1.807) is 16.9 Å². The van der Waals surface area contributed by atoms with Gasteiger partial charge in [-0.3, -0.25) is 4.98 Å². The molecule has 3 heterocycles. The van der Waals surface area contributed by atoms with E-state index >= 15 is 0 Å². The first-order valence-electron chi connectivity index (χ1n) is 9.27. The van der Waals surface area contributed by atoms with E-state index in [2.05, 4.69) is 31.3 Å². The van der Waals surface area contributed by atoms with Crippen molar-refractivity contribution < 1.29 is 8.42 Å². The molecule has 0 aromatic carbocycles. The Morgan fingerprint density at radius 3 is 2.93 bits per heavy atom. The Bertz CT molecular complexity index is 1080. The van der Waals surface area contributed by atoms with Crippen molar-refractivity contribution in [1.29, 1.82) is 0 Å². The summed E-state index contributed by atoms with van der Waals surface area (Å²) in [5.74, 6) is 0.954. The van der Waals surface area contributed by atoms with Gasteiger partial charge in [-0.2, -0.15) is 9.61 Å². The number of aromatic nitrogens is 4. The van der Waals surface area contributed by atoms with Crippen LogP contribution in [-0.4, -0.2) is 39.5 Å². The summed E-state index contributed by atoms with van der Waals surface area (Å²) in [6.07, 6.45) is 9.83. The minimum absolute atomic E-state index is 0.124. The van der Waals surface area contributed by atoms with Gasteiger partial charge in [0.15, 0.2) is 5.65 Å². The van der Waals surface area contributed by atoms with Gasteiger partial charge in [0.1, 0.15) is 15.7 Å². The van der Waals surface area contributed by atoms with E-state index in [9.17, 15) is 8.42 Å². The maximum atomic E-state index is 12.1. The zero-order chi connectivity index (χ0) is 19.7. The molecule has 2 atom stereocenters. The minimum Gasteiger partial charge on any atom is -0.366 e. The summed E-state index contributed by atoms with van der Waals surface area (Å²) in [5.41, 5.74) is 2.71. The van der Waals surface area contributed by atoms with Gasteiger partial charge >= 0.3 is 0 Å². The minimum atomic E-state index is -3.04. The SMILES string of the molecule is CS(=O)(=O)C1CCCC(c2cc(NCc3cccnc3)n3ncc(Br)c3n2)C1. The molecule has 7 nitrogen and oxygen atoms in total. The van der Waals surface area contributed by atoms with Crippen molar-refractivity contribution in [3.05, 3.63) is 52.5 Å². The monoisotopic (exact) mass is 463 g/mol. The van der Waals surface area contributed by atoms with Crippen LogP contribution in [0.4, 0.5) is 5.82 Å². The van der Waals surface area contributed by atoms with Crippen LogP contribution in [0.5, 0.6) is 0 Å². The lowest BCUT2D eigenvalue weighted by Crippen LogP contribution is -2.27. The molecule has 3 aromatic rings. The molecule has 0 radical (unpaired) electrons. The second-order valence-electron chi connectivity index (χ2n) is 7.32. The normalized spacial score (nSPS) is 20.4. The van der Waals surface area contributed by atoms with Crippen LogP contribution in [-0.2, 0) is 16.4 Å². The van der Waals surface area contributed by atoms with Crippen LogP contribution in [0.25, 0.3) is 5.65 Å². The zero-order valence-electron chi connectivity index (χ0n) is 15.5. The standard InChI is InChI=1S/C19H22BrN5O2S/c1-28(26,27)15-6-2-5-14(8-15)17-9-18(22-11-13-4-3-7-21-10-13)25-19(24-17)16(20)12-23-25/h3-4,7,9-10,12,14-15,22H,2,5-6,8,11H2,1H3. The van der Waals surface area contributed by atoms with Gasteiger partial charge in [-0.15, -0.1) is 0 Å².